The topological polar surface area (TPSA) is 89.5 Å². The molecule has 0 bridgehead atoms. The largest absolute Gasteiger partial charge is 0.548 e. The molecule has 8 heteroatoms. The van der Waals surface area contributed by atoms with Crippen molar-refractivity contribution in [1.82, 2.24) is 10.2 Å². The maximum atomic E-state index is 12.5. The summed E-state index contributed by atoms with van der Waals surface area (Å²) in [6.45, 7) is 3.45. The van der Waals surface area contributed by atoms with Crippen molar-refractivity contribution in [2.24, 2.45) is 5.92 Å². The Morgan fingerprint density at radius 3 is 2.57 bits per heavy atom. The number of thiocarbonyl (C=S) groups is 1. The van der Waals surface area contributed by atoms with Gasteiger partial charge < -0.3 is 15.2 Å². The van der Waals surface area contributed by atoms with E-state index in [4.69, 9.17) is 12.2 Å². The summed E-state index contributed by atoms with van der Waals surface area (Å²) in [7, 11) is 0. The Morgan fingerprint density at radius 2 is 1.96 bits per heavy atom. The lowest BCUT2D eigenvalue weighted by molar-refractivity contribution is -0.309. The molecule has 1 fully saturated rings. The van der Waals surface area contributed by atoms with Gasteiger partial charge in [-0.05, 0) is 17.6 Å². The Labute approximate surface area is 173 Å². The second-order valence-corrected chi connectivity index (χ2v) is 8.16. The van der Waals surface area contributed by atoms with Gasteiger partial charge in [-0.15, -0.1) is 0 Å². The number of nitrogens with zero attached hydrogens (tertiary/aromatic N) is 1. The zero-order valence-electron chi connectivity index (χ0n) is 15.6. The highest BCUT2D eigenvalue weighted by Gasteiger charge is 2.31. The van der Waals surface area contributed by atoms with Crippen LogP contribution < -0.4 is 10.4 Å². The highest BCUT2D eigenvalue weighted by atomic mass is 32.2. The molecule has 148 valence electrons. The minimum absolute atomic E-state index is 0.0456. The van der Waals surface area contributed by atoms with Crippen LogP contribution >= 0.6 is 24.0 Å². The van der Waals surface area contributed by atoms with Crippen LogP contribution in [0.25, 0.3) is 6.08 Å². The van der Waals surface area contributed by atoms with Crippen LogP contribution in [0.4, 0.5) is 0 Å². The number of carbonyl (C=O) groups is 3. The van der Waals surface area contributed by atoms with Gasteiger partial charge in [-0.25, -0.2) is 0 Å². The zero-order valence-corrected chi connectivity index (χ0v) is 17.2. The van der Waals surface area contributed by atoms with Gasteiger partial charge in [0.2, 0.25) is 5.91 Å². The van der Waals surface area contributed by atoms with Crippen LogP contribution in [-0.4, -0.2) is 39.6 Å². The monoisotopic (exact) mass is 417 g/mol. The SMILES string of the molecule is CC(C)[C@@H](NC(=O)CCN1C(=O)/C(=C\C=C\c2ccccc2)SC1=S)C(=O)[O-]. The third kappa shape index (κ3) is 6.03. The fraction of sp³-hybridized carbons (Fsp3) is 0.300. The number of amides is 2. The van der Waals surface area contributed by atoms with Gasteiger partial charge in [-0.3, -0.25) is 14.5 Å². The quantitative estimate of drug-likeness (QED) is 0.512. The molecule has 0 radical (unpaired) electrons. The summed E-state index contributed by atoms with van der Waals surface area (Å²) in [6.07, 6.45) is 5.31. The fourth-order valence-corrected chi connectivity index (χ4v) is 3.73. The van der Waals surface area contributed by atoms with Crippen LogP contribution in [0.15, 0.2) is 47.4 Å². The van der Waals surface area contributed by atoms with Crippen LogP contribution in [-0.2, 0) is 14.4 Å². The molecule has 0 aliphatic carbocycles. The van der Waals surface area contributed by atoms with Gasteiger partial charge in [0.1, 0.15) is 4.32 Å². The molecule has 1 aromatic carbocycles. The number of nitrogens with one attached hydrogen (secondary N) is 1. The van der Waals surface area contributed by atoms with Gasteiger partial charge in [0.05, 0.1) is 16.9 Å². The molecule has 1 N–H and O–H groups in total. The fourth-order valence-electron chi connectivity index (χ4n) is 2.47. The molecule has 1 atom stereocenters. The first kappa shape index (κ1) is 21.8. The number of hydrogen-bond acceptors (Lipinski definition) is 6. The third-order valence-corrected chi connectivity index (χ3v) is 5.41. The maximum absolute atomic E-state index is 12.5. The maximum Gasteiger partial charge on any atom is 0.266 e. The molecule has 0 spiro atoms. The average Bonchev–Trinajstić information content (AvgIpc) is 2.91. The number of thioether (sulfide) groups is 1. The van der Waals surface area contributed by atoms with Crippen molar-refractivity contribution in [3.8, 4) is 0 Å². The predicted octanol–water partition coefficient (Wildman–Crippen LogP) is 1.72. The van der Waals surface area contributed by atoms with E-state index in [1.807, 2.05) is 36.4 Å². The number of benzene rings is 1. The first-order valence-electron chi connectivity index (χ1n) is 8.77. The Kier molecular flexibility index (Phi) is 7.95. The molecule has 1 saturated heterocycles. The average molecular weight is 418 g/mol. The van der Waals surface area contributed by atoms with Crippen molar-refractivity contribution in [3.05, 3.63) is 53.0 Å². The molecule has 1 heterocycles. The number of hydrogen-bond donors (Lipinski definition) is 1. The van der Waals surface area contributed by atoms with E-state index >= 15 is 0 Å². The molecule has 0 unspecified atom stereocenters. The summed E-state index contributed by atoms with van der Waals surface area (Å²) < 4.78 is 0.373. The second-order valence-electron chi connectivity index (χ2n) is 6.48. The standard InChI is InChI=1S/C20H22N2O4S2/c1-13(2)17(19(25)26)21-16(23)11-12-22-18(24)15(28-20(22)27)10-6-9-14-7-4-3-5-8-14/h3-10,13,17H,11-12H2,1-2H3,(H,21,23)(H,25,26)/p-1/b9-6+,15-10+/t17-/m1/s1. The van der Waals surface area contributed by atoms with E-state index < -0.39 is 17.9 Å². The predicted molar refractivity (Wildman–Crippen MR) is 112 cm³/mol. The molecule has 0 saturated carbocycles. The molecule has 0 aromatic heterocycles. The molecule has 28 heavy (non-hydrogen) atoms. The summed E-state index contributed by atoms with van der Waals surface area (Å²) in [5.74, 6) is -2.36. The number of rotatable bonds is 8. The smallest absolute Gasteiger partial charge is 0.266 e. The summed E-state index contributed by atoms with van der Waals surface area (Å²) in [4.78, 5) is 37.4. The van der Waals surface area contributed by atoms with E-state index in [0.717, 1.165) is 5.56 Å². The number of aliphatic carboxylic acids is 1. The summed E-state index contributed by atoms with van der Waals surface area (Å²) in [5, 5.41) is 13.5. The van der Waals surface area contributed by atoms with E-state index in [0.29, 0.717) is 9.23 Å². The lowest BCUT2D eigenvalue weighted by Gasteiger charge is -2.23. The summed E-state index contributed by atoms with van der Waals surface area (Å²) in [6, 6.07) is 8.61. The number of carboxylic acid groups (broad SMARTS) is 1. The van der Waals surface area contributed by atoms with Gasteiger partial charge in [-0.1, -0.05) is 80.3 Å². The second kappa shape index (κ2) is 10.2. The highest BCUT2D eigenvalue weighted by Crippen LogP contribution is 2.31. The van der Waals surface area contributed by atoms with E-state index in [2.05, 4.69) is 5.32 Å². The highest BCUT2D eigenvalue weighted by molar-refractivity contribution is 8.26. The van der Waals surface area contributed by atoms with Crippen molar-refractivity contribution in [2.75, 3.05) is 6.54 Å². The van der Waals surface area contributed by atoms with Crippen LogP contribution in [0.3, 0.4) is 0 Å². The van der Waals surface area contributed by atoms with Gasteiger partial charge in [0, 0.05) is 13.0 Å². The molecule has 1 aliphatic rings. The Hall–Kier alpha value is -2.45. The lowest BCUT2D eigenvalue weighted by atomic mass is 10.0. The molecular formula is C20H21N2O4S2-. The molecule has 1 aromatic rings. The van der Waals surface area contributed by atoms with Crippen LogP contribution in [0.5, 0.6) is 0 Å². The van der Waals surface area contributed by atoms with Crippen LogP contribution in [0, 0.1) is 5.92 Å². The number of allylic oxidation sites excluding steroid dienone is 2. The van der Waals surface area contributed by atoms with Crippen LogP contribution in [0.2, 0.25) is 0 Å². The van der Waals surface area contributed by atoms with Gasteiger partial charge in [0.15, 0.2) is 0 Å². The van der Waals surface area contributed by atoms with Gasteiger partial charge in [-0.2, -0.15) is 0 Å². The Morgan fingerprint density at radius 1 is 1.29 bits per heavy atom. The van der Waals surface area contributed by atoms with Crippen molar-refractivity contribution in [2.45, 2.75) is 26.3 Å². The summed E-state index contributed by atoms with van der Waals surface area (Å²) >= 11 is 6.40. The minimum atomic E-state index is -1.33. The number of carboxylic acids is 1. The van der Waals surface area contributed by atoms with Gasteiger partial charge in [0.25, 0.3) is 5.91 Å². The van der Waals surface area contributed by atoms with Crippen molar-refractivity contribution < 1.29 is 19.5 Å². The molecule has 2 amide bonds. The Balaban J connectivity index is 1.92. The third-order valence-electron chi connectivity index (χ3n) is 4.01. The van der Waals surface area contributed by atoms with Crippen molar-refractivity contribution in [3.63, 3.8) is 0 Å². The molecule has 1 aliphatic heterocycles. The summed E-state index contributed by atoms with van der Waals surface area (Å²) in [5.41, 5.74) is 1.01. The first-order chi connectivity index (χ1) is 13.3. The normalized spacial score (nSPS) is 17.0. The van der Waals surface area contributed by atoms with Crippen molar-refractivity contribution in [1.29, 1.82) is 0 Å². The van der Waals surface area contributed by atoms with E-state index in [1.54, 1.807) is 26.0 Å². The minimum Gasteiger partial charge on any atom is -0.548 e. The molecule has 2 rings (SSSR count). The zero-order chi connectivity index (χ0) is 20.7. The Bertz CT molecular complexity index is 819. The van der Waals surface area contributed by atoms with Gasteiger partial charge >= 0.3 is 0 Å². The van der Waals surface area contributed by atoms with Crippen LogP contribution in [0.1, 0.15) is 25.8 Å². The van der Waals surface area contributed by atoms with E-state index in [1.165, 1.54) is 16.7 Å². The van der Waals surface area contributed by atoms with Crippen molar-refractivity contribution >= 4 is 52.2 Å². The van der Waals surface area contributed by atoms with E-state index in [9.17, 15) is 19.5 Å². The first-order valence-corrected chi connectivity index (χ1v) is 9.99. The van der Waals surface area contributed by atoms with E-state index in [-0.39, 0.29) is 24.8 Å². The molecular weight excluding hydrogens is 396 g/mol. The molecule has 6 nitrogen and oxygen atoms in total. The lowest BCUT2D eigenvalue weighted by Crippen LogP contribution is -2.51. The number of carbonyl (C=O) groups excluding carboxylic acids is 3.